The summed E-state index contributed by atoms with van der Waals surface area (Å²) in [7, 11) is 1.68. The zero-order chi connectivity index (χ0) is 7.82. The molecule has 1 unspecified atom stereocenters. The molecule has 0 aromatic carbocycles. The second-order valence-electron chi connectivity index (χ2n) is 2.18. The summed E-state index contributed by atoms with van der Waals surface area (Å²) in [5.74, 6) is 0. The summed E-state index contributed by atoms with van der Waals surface area (Å²) >= 11 is 3.33. The molecule has 2 nitrogen and oxygen atoms in total. The highest BCUT2D eigenvalue weighted by atomic mass is 79.9. The van der Waals surface area contributed by atoms with Gasteiger partial charge in [-0.05, 0) is 13.3 Å². The second-order valence-corrected chi connectivity index (χ2v) is 2.97. The molecule has 0 saturated carbocycles. The molecule has 0 spiro atoms. The van der Waals surface area contributed by atoms with Crippen molar-refractivity contribution in [2.75, 3.05) is 25.7 Å². The summed E-state index contributed by atoms with van der Waals surface area (Å²) in [5.41, 5.74) is 0. The van der Waals surface area contributed by atoms with Crippen molar-refractivity contribution in [1.29, 1.82) is 0 Å². The van der Waals surface area contributed by atoms with Gasteiger partial charge in [0.25, 0.3) is 0 Å². The Hall–Kier alpha value is 0.400. The predicted molar refractivity (Wildman–Crippen MR) is 45.7 cm³/mol. The van der Waals surface area contributed by atoms with Crippen molar-refractivity contribution in [3.63, 3.8) is 0 Å². The maximum atomic E-state index is 5.37. The summed E-state index contributed by atoms with van der Waals surface area (Å²) in [6, 6.07) is 0. The third kappa shape index (κ3) is 6.52. The van der Waals surface area contributed by atoms with E-state index in [1.165, 1.54) is 0 Å². The van der Waals surface area contributed by atoms with Crippen LogP contribution < -0.4 is 0 Å². The summed E-state index contributed by atoms with van der Waals surface area (Å²) in [6.45, 7) is 3.51. The lowest BCUT2D eigenvalue weighted by Gasteiger charge is -2.10. The van der Waals surface area contributed by atoms with Crippen molar-refractivity contribution in [1.82, 2.24) is 0 Å². The van der Waals surface area contributed by atoms with E-state index in [0.717, 1.165) is 18.4 Å². The highest BCUT2D eigenvalue weighted by Gasteiger charge is 1.98. The molecule has 0 radical (unpaired) electrons. The van der Waals surface area contributed by atoms with E-state index >= 15 is 0 Å². The van der Waals surface area contributed by atoms with Gasteiger partial charge in [-0.3, -0.25) is 0 Å². The first-order valence-corrected chi connectivity index (χ1v) is 4.60. The molecule has 0 N–H and O–H groups in total. The zero-order valence-corrected chi connectivity index (χ0v) is 8.19. The molecule has 0 aliphatic heterocycles. The molecule has 1 atom stereocenters. The number of alkyl halides is 1. The Balaban J connectivity index is 2.97. The average Bonchev–Trinajstić information content (AvgIpc) is 1.89. The SMILES string of the molecule is COCC(C)OCCCBr. The van der Waals surface area contributed by atoms with E-state index in [4.69, 9.17) is 9.47 Å². The lowest BCUT2D eigenvalue weighted by atomic mass is 10.4. The molecular formula is C7H15BrO2. The summed E-state index contributed by atoms with van der Waals surface area (Å²) in [5, 5.41) is 1.01. The van der Waals surface area contributed by atoms with Crippen LogP contribution >= 0.6 is 15.9 Å². The molecule has 0 aromatic heterocycles. The molecule has 0 aliphatic carbocycles. The van der Waals surface area contributed by atoms with Crippen LogP contribution in [-0.2, 0) is 9.47 Å². The monoisotopic (exact) mass is 210 g/mol. The summed E-state index contributed by atoms with van der Waals surface area (Å²) in [4.78, 5) is 0. The minimum absolute atomic E-state index is 0.226. The lowest BCUT2D eigenvalue weighted by Crippen LogP contribution is -2.15. The van der Waals surface area contributed by atoms with Crippen molar-refractivity contribution >= 4 is 15.9 Å². The fraction of sp³-hybridized carbons (Fsp3) is 1.00. The van der Waals surface area contributed by atoms with Crippen LogP contribution in [0, 0.1) is 0 Å². The fourth-order valence-corrected chi connectivity index (χ4v) is 0.851. The molecule has 3 heteroatoms. The van der Waals surface area contributed by atoms with Crippen LogP contribution in [0.5, 0.6) is 0 Å². The van der Waals surface area contributed by atoms with Crippen LogP contribution in [0.25, 0.3) is 0 Å². The molecule has 0 bridgehead atoms. The highest BCUT2D eigenvalue weighted by molar-refractivity contribution is 9.09. The van der Waals surface area contributed by atoms with Gasteiger partial charge in [-0.15, -0.1) is 0 Å². The third-order valence-corrected chi connectivity index (χ3v) is 1.64. The van der Waals surface area contributed by atoms with Crippen LogP contribution in [0.15, 0.2) is 0 Å². The van der Waals surface area contributed by atoms with Crippen LogP contribution in [0.1, 0.15) is 13.3 Å². The minimum atomic E-state index is 0.226. The highest BCUT2D eigenvalue weighted by Crippen LogP contribution is 1.94. The molecular weight excluding hydrogens is 196 g/mol. The molecule has 0 rings (SSSR count). The molecule has 0 aromatic rings. The number of rotatable bonds is 6. The lowest BCUT2D eigenvalue weighted by molar-refractivity contribution is 0.00994. The molecule has 0 aliphatic rings. The molecule has 10 heavy (non-hydrogen) atoms. The Morgan fingerprint density at radius 1 is 1.50 bits per heavy atom. The van der Waals surface area contributed by atoms with E-state index in [9.17, 15) is 0 Å². The van der Waals surface area contributed by atoms with E-state index in [2.05, 4.69) is 15.9 Å². The van der Waals surface area contributed by atoms with Crippen molar-refractivity contribution in [2.45, 2.75) is 19.4 Å². The van der Waals surface area contributed by atoms with E-state index in [1.54, 1.807) is 7.11 Å². The van der Waals surface area contributed by atoms with E-state index in [-0.39, 0.29) is 6.10 Å². The maximum Gasteiger partial charge on any atom is 0.0780 e. The Kier molecular flexibility index (Phi) is 7.81. The first kappa shape index (κ1) is 10.4. The zero-order valence-electron chi connectivity index (χ0n) is 6.60. The first-order valence-electron chi connectivity index (χ1n) is 3.47. The topological polar surface area (TPSA) is 18.5 Å². The fourth-order valence-electron chi connectivity index (χ4n) is 0.622. The minimum Gasteiger partial charge on any atom is -0.382 e. The van der Waals surface area contributed by atoms with Crippen LogP contribution in [-0.4, -0.2) is 31.8 Å². The largest absolute Gasteiger partial charge is 0.382 e. The average molecular weight is 211 g/mol. The maximum absolute atomic E-state index is 5.37. The number of hydrogen-bond donors (Lipinski definition) is 0. The Morgan fingerprint density at radius 2 is 2.20 bits per heavy atom. The summed E-state index contributed by atoms with van der Waals surface area (Å²) < 4.78 is 10.3. The standard InChI is InChI=1S/C7H15BrO2/c1-7(6-9-2)10-5-3-4-8/h7H,3-6H2,1-2H3. The van der Waals surface area contributed by atoms with Gasteiger partial charge in [-0.1, -0.05) is 15.9 Å². The van der Waals surface area contributed by atoms with Gasteiger partial charge >= 0.3 is 0 Å². The van der Waals surface area contributed by atoms with Crippen molar-refractivity contribution in [3.8, 4) is 0 Å². The van der Waals surface area contributed by atoms with Gasteiger partial charge in [-0.2, -0.15) is 0 Å². The predicted octanol–water partition coefficient (Wildman–Crippen LogP) is 1.82. The van der Waals surface area contributed by atoms with Gasteiger partial charge in [0.2, 0.25) is 0 Å². The Morgan fingerprint density at radius 3 is 2.70 bits per heavy atom. The Labute approximate surface area is 71.0 Å². The quantitative estimate of drug-likeness (QED) is 0.492. The van der Waals surface area contributed by atoms with Crippen molar-refractivity contribution < 1.29 is 9.47 Å². The number of ether oxygens (including phenoxy) is 2. The molecule has 0 saturated heterocycles. The Bertz CT molecular complexity index is 68.6. The van der Waals surface area contributed by atoms with Gasteiger partial charge in [0.15, 0.2) is 0 Å². The van der Waals surface area contributed by atoms with Crippen molar-refractivity contribution in [3.05, 3.63) is 0 Å². The van der Waals surface area contributed by atoms with E-state index < -0.39 is 0 Å². The van der Waals surface area contributed by atoms with Crippen LogP contribution in [0.2, 0.25) is 0 Å². The van der Waals surface area contributed by atoms with Gasteiger partial charge in [0.05, 0.1) is 12.7 Å². The molecule has 0 fully saturated rings. The van der Waals surface area contributed by atoms with E-state index in [1.807, 2.05) is 6.92 Å². The van der Waals surface area contributed by atoms with Gasteiger partial charge in [-0.25, -0.2) is 0 Å². The van der Waals surface area contributed by atoms with Gasteiger partial charge in [0, 0.05) is 19.0 Å². The van der Waals surface area contributed by atoms with Crippen LogP contribution in [0.4, 0.5) is 0 Å². The molecule has 62 valence electrons. The number of halogens is 1. The normalized spacial score (nSPS) is 13.5. The van der Waals surface area contributed by atoms with Crippen LogP contribution in [0.3, 0.4) is 0 Å². The third-order valence-electron chi connectivity index (χ3n) is 1.08. The summed E-state index contributed by atoms with van der Waals surface area (Å²) in [6.07, 6.45) is 1.29. The molecule has 0 heterocycles. The number of hydrogen-bond acceptors (Lipinski definition) is 2. The second kappa shape index (κ2) is 7.51. The van der Waals surface area contributed by atoms with Gasteiger partial charge < -0.3 is 9.47 Å². The smallest absolute Gasteiger partial charge is 0.0780 e. The number of methoxy groups -OCH3 is 1. The van der Waals surface area contributed by atoms with Crippen molar-refractivity contribution in [2.24, 2.45) is 0 Å². The molecule has 0 amide bonds. The van der Waals surface area contributed by atoms with E-state index in [0.29, 0.717) is 6.61 Å². The first-order chi connectivity index (χ1) is 4.81. The van der Waals surface area contributed by atoms with Gasteiger partial charge in [0.1, 0.15) is 0 Å².